The molecule has 0 saturated heterocycles. The standard InChI is InChI=1S/C17H19N7O2S2/c1-10(2)13-8-27-16(19-13)20-15(26)11-4-6-12(7-5-11)18-14(25)9-28-17-21-22-23-24(17)3/h4-8,10H,9H2,1-3H3,(H,18,25)(H,19,20,26). The number of aryl methyl sites for hydroxylation is 1. The van der Waals surface area contributed by atoms with Gasteiger partial charge < -0.3 is 5.32 Å². The highest BCUT2D eigenvalue weighted by molar-refractivity contribution is 7.99. The average Bonchev–Trinajstić information content (AvgIpc) is 3.29. The van der Waals surface area contributed by atoms with Crippen molar-refractivity contribution in [3.63, 3.8) is 0 Å². The molecule has 1 aromatic carbocycles. The van der Waals surface area contributed by atoms with Crippen LogP contribution in [0, 0.1) is 0 Å². The van der Waals surface area contributed by atoms with Gasteiger partial charge in [0.25, 0.3) is 5.91 Å². The monoisotopic (exact) mass is 417 g/mol. The van der Waals surface area contributed by atoms with Crippen LogP contribution < -0.4 is 10.6 Å². The maximum atomic E-state index is 12.3. The third-order valence-electron chi connectivity index (χ3n) is 3.68. The van der Waals surface area contributed by atoms with Crippen molar-refractivity contribution in [2.45, 2.75) is 24.9 Å². The molecule has 0 aliphatic heterocycles. The van der Waals surface area contributed by atoms with Crippen LogP contribution in [0.4, 0.5) is 10.8 Å². The summed E-state index contributed by atoms with van der Waals surface area (Å²) in [4.78, 5) is 28.8. The Morgan fingerprint density at radius 3 is 2.57 bits per heavy atom. The predicted octanol–water partition coefficient (Wildman–Crippen LogP) is 2.77. The summed E-state index contributed by atoms with van der Waals surface area (Å²) in [5, 5.41) is 19.7. The Kier molecular flexibility index (Phi) is 6.37. The number of rotatable bonds is 7. The van der Waals surface area contributed by atoms with Crippen LogP contribution in [-0.4, -0.2) is 42.8 Å². The third-order valence-corrected chi connectivity index (χ3v) is 5.46. The number of hydrogen-bond donors (Lipinski definition) is 2. The van der Waals surface area contributed by atoms with Crippen LogP contribution in [0.25, 0.3) is 0 Å². The lowest BCUT2D eigenvalue weighted by Gasteiger charge is -2.06. The Labute approximate surface area is 169 Å². The van der Waals surface area contributed by atoms with E-state index in [1.54, 1.807) is 31.3 Å². The first-order chi connectivity index (χ1) is 13.4. The SMILES string of the molecule is CC(C)c1csc(NC(=O)c2ccc(NC(=O)CSc3nnnn3C)cc2)n1. The van der Waals surface area contributed by atoms with E-state index < -0.39 is 0 Å². The maximum absolute atomic E-state index is 12.3. The van der Waals surface area contributed by atoms with Crippen molar-refractivity contribution in [1.82, 2.24) is 25.2 Å². The predicted molar refractivity (Wildman–Crippen MR) is 109 cm³/mol. The molecule has 146 valence electrons. The van der Waals surface area contributed by atoms with E-state index in [4.69, 9.17) is 0 Å². The molecule has 0 unspecified atom stereocenters. The zero-order chi connectivity index (χ0) is 20.1. The van der Waals surface area contributed by atoms with E-state index in [0.717, 1.165) is 5.69 Å². The second-order valence-electron chi connectivity index (χ2n) is 6.19. The average molecular weight is 418 g/mol. The van der Waals surface area contributed by atoms with E-state index in [1.165, 1.54) is 27.8 Å². The molecule has 2 aromatic heterocycles. The second kappa shape index (κ2) is 8.93. The zero-order valence-electron chi connectivity index (χ0n) is 15.5. The molecule has 0 fully saturated rings. The van der Waals surface area contributed by atoms with E-state index >= 15 is 0 Å². The van der Waals surface area contributed by atoms with Gasteiger partial charge >= 0.3 is 0 Å². The number of nitrogens with one attached hydrogen (secondary N) is 2. The number of aromatic nitrogens is 5. The smallest absolute Gasteiger partial charge is 0.257 e. The van der Waals surface area contributed by atoms with Crippen LogP contribution in [-0.2, 0) is 11.8 Å². The van der Waals surface area contributed by atoms with Gasteiger partial charge in [0, 0.05) is 23.7 Å². The Morgan fingerprint density at radius 1 is 1.21 bits per heavy atom. The summed E-state index contributed by atoms with van der Waals surface area (Å²) in [7, 11) is 1.71. The number of carbonyl (C=O) groups is 2. The minimum atomic E-state index is -0.243. The molecule has 0 bridgehead atoms. The number of amides is 2. The lowest BCUT2D eigenvalue weighted by atomic mass is 10.2. The molecular weight excluding hydrogens is 398 g/mol. The number of thiazole rings is 1. The first kappa shape index (κ1) is 20.0. The lowest BCUT2D eigenvalue weighted by molar-refractivity contribution is -0.113. The topological polar surface area (TPSA) is 115 Å². The fraction of sp³-hybridized carbons (Fsp3) is 0.294. The van der Waals surface area contributed by atoms with E-state index in [1.807, 2.05) is 5.38 Å². The van der Waals surface area contributed by atoms with Gasteiger partial charge in [-0.25, -0.2) is 9.67 Å². The number of anilines is 2. The number of nitrogens with zero attached hydrogens (tertiary/aromatic N) is 5. The van der Waals surface area contributed by atoms with Crippen molar-refractivity contribution in [3.05, 3.63) is 40.9 Å². The van der Waals surface area contributed by atoms with E-state index in [2.05, 4.69) is 45.0 Å². The van der Waals surface area contributed by atoms with Crippen molar-refractivity contribution in [3.8, 4) is 0 Å². The summed E-state index contributed by atoms with van der Waals surface area (Å²) in [5.41, 5.74) is 2.04. The van der Waals surface area contributed by atoms with Gasteiger partial charge in [-0.3, -0.25) is 14.9 Å². The quantitative estimate of drug-likeness (QED) is 0.568. The normalized spacial score (nSPS) is 10.9. The fourth-order valence-corrected chi connectivity index (χ4v) is 3.67. The molecule has 0 saturated carbocycles. The van der Waals surface area contributed by atoms with Crippen molar-refractivity contribution in [1.29, 1.82) is 0 Å². The van der Waals surface area contributed by atoms with Crippen molar-refractivity contribution < 1.29 is 9.59 Å². The van der Waals surface area contributed by atoms with Gasteiger partial charge in [0.2, 0.25) is 11.1 Å². The molecule has 3 rings (SSSR count). The molecule has 0 atom stereocenters. The van der Waals surface area contributed by atoms with Crippen LogP contribution >= 0.6 is 23.1 Å². The zero-order valence-corrected chi connectivity index (χ0v) is 17.2. The first-order valence-electron chi connectivity index (χ1n) is 8.44. The number of hydrogen-bond acceptors (Lipinski definition) is 8. The molecule has 0 spiro atoms. The van der Waals surface area contributed by atoms with Gasteiger partial charge in [-0.15, -0.1) is 16.4 Å². The van der Waals surface area contributed by atoms with Crippen LogP contribution in [0.15, 0.2) is 34.8 Å². The largest absolute Gasteiger partial charge is 0.325 e. The minimum absolute atomic E-state index is 0.179. The molecule has 28 heavy (non-hydrogen) atoms. The van der Waals surface area contributed by atoms with Gasteiger partial charge in [0.05, 0.1) is 11.4 Å². The Bertz CT molecular complexity index is 966. The highest BCUT2D eigenvalue weighted by Gasteiger charge is 2.12. The summed E-state index contributed by atoms with van der Waals surface area (Å²) in [5.74, 6) is 0.0635. The summed E-state index contributed by atoms with van der Waals surface area (Å²) in [6.45, 7) is 4.10. The van der Waals surface area contributed by atoms with Crippen LogP contribution in [0.1, 0.15) is 35.8 Å². The highest BCUT2D eigenvalue weighted by atomic mass is 32.2. The lowest BCUT2D eigenvalue weighted by Crippen LogP contribution is -2.15. The molecule has 9 nitrogen and oxygen atoms in total. The van der Waals surface area contributed by atoms with Crippen molar-refractivity contribution in [2.24, 2.45) is 7.05 Å². The fourth-order valence-electron chi connectivity index (χ4n) is 2.15. The molecular formula is C17H19N7O2S2. The van der Waals surface area contributed by atoms with Gasteiger partial charge in [-0.05, 0) is 40.6 Å². The Morgan fingerprint density at radius 2 is 1.96 bits per heavy atom. The number of carbonyl (C=O) groups excluding carboxylic acids is 2. The van der Waals surface area contributed by atoms with Gasteiger partial charge in [0.1, 0.15) is 0 Å². The molecule has 0 radical (unpaired) electrons. The third kappa shape index (κ3) is 5.14. The molecule has 2 amide bonds. The Balaban J connectivity index is 1.52. The first-order valence-corrected chi connectivity index (χ1v) is 10.3. The van der Waals surface area contributed by atoms with Crippen molar-refractivity contribution >= 4 is 45.7 Å². The van der Waals surface area contributed by atoms with E-state index in [-0.39, 0.29) is 17.6 Å². The molecule has 2 heterocycles. The van der Waals surface area contributed by atoms with E-state index in [9.17, 15) is 9.59 Å². The molecule has 3 aromatic rings. The van der Waals surface area contributed by atoms with Gasteiger partial charge in [-0.1, -0.05) is 25.6 Å². The van der Waals surface area contributed by atoms with Gasteiger partial charge in [0.15, 0.2) is 5.13 Å². The summed E-state index contributed by atoms with van der Waals surface area (Å²) < 4.78 is 1.50. The number of thioether (sulfide) groups is 1. The highest BCUT2D eigenvalue weighted by Crippen LogP contribution is 2.22. The summed E-state index contributed by atoms with van der Waals surface area (Å²) in [6, 6.07) is 6.68. The minimum Gasteiger partial charge on any atom is -0.325 e. The van der Waals surface area contributed by atoms with Crippen LogP contribution in [0.3, 0.4) is 0 Å². The van der Waals surface area contributed by atoms with Crippen LogP contribution in [0.5, 0.6) is 0 Å². The van der Waals surface area contributed by atoms with Gasteiger partial charge in [-0.2, -0.15) is 0 Å². The van der Waals surface area contributed by atoms with Crippen molar-refractivity contribution in [2.75, 3.05) is 16.4 Å². The number of benzene rings is 1. The molecule has 11 heteroatoms. The van der Waals surface area contributed by atoms with Crippen LogP contribution in [0.2, 0.25) is 0 Å². The maximum Gasteiger partial charge on any atom is 0.257 e. The molecule has 0 aliphatic rings. The molecule has 2 N–H and O–H groups in total. The Hall–Kier alpha value is -2.79. The summed E-state index contributed by atoms with van der Waals surface area (Å²) in [6.07, 6.45) is 0. The number of tetrazole rings is 1. The second-order valence-corrected chi connectivity index (χ2v) is 7.99. The molecule has 0 aliphatic carbocycles. The van der Waals surface area contributed by atoms with E-state index in [0.29, 0.717) is 27.5 Å². The summed E-state index contributed by atoms with van der Waals surface area (Å²) >= 11 is 2.64.